The van der Waals surface area contributed by atoms with Crippen molar-refractivity contribution >= 4 is 16.6 Å². The quantitative estimate of drug-likeness (QED) is 0.879. The molecule has 0 unspecified atom stereocenters. The molecule has 5 nitrogen and oxygen atoms in total. The minimum Gasteiger partial charge on any atom is -0.490 e. The summed E-state index contributed by atoms with van der Waals surface area (Å²) in [7, 11) is 0. The van der Waals surface area contributed by atoms with Gasteiger partial charge in [-0.3, -0.25) is 0 Å². The molecule has 0 aliphatic carbocycles. The topological polar surface area (TPSA) is 69.4 Å². The lowest BCUT2D eigenvalue weighted by Crippen LogP contribution is -2.14. The SMILES string of the molecule is NCCNc1nccc2cc3c(cc12)OCCCO3. The van der Waals surface area contributed by atoms with Gasteiger partial charge in [0.05, 0.1) is 13.2 Å². The fourth-order valence-electron chi connectivity index (χ4n) is 2.16. The lowest BCUT2D eigenvalue weighted by molar-refractivity contribution is 0.297. The second-order valence-corrected chi connectivity index (χ2v) is 4.45. The summed E-state index contributed by atoms with van der Waals surface area (Å²) in [6, 6.07) is 5.96. The van der Waals surface area contributed by atoms with E-state index in [-0.39, 0.29) is 0 Å². The molecule has 1 aliphatic heterocycles. The van der Waals surface area contributed by atoms with Crippen LogP contribution in [0.1, 0.15) is 6.42 Å². The summed E-state index contributed by atoms with van der Waals surface area (Å²) in [5.74, 6) is 2.42. The Hall–Kier alpha value is -2.01. The number of hydrogen-bond donors (Lipinski definition) is 2. The number of nitrogens with two attached hydrogens (primary N) is 1. The highest BCUT2D eigenvalue weighted by atomic mass is 16.5. The zero-order chi connectivity index (χ0) is 13.1. The van der Waals surface area contributed by atoms with Crippen molar-refractivity contribution < 1.29 is 9.47 Å². The van der Waals surface area contributed by atoms with E-state index >= 15 is 0 Å². The van der Waals surface area contributed by atoms with Crippen LogP contribution in [0.4, 0.5) is 5.82 Å². The zero-order valence-corrected chi connectivity index (χ0v) is 10.7. The number of aromatic nitrogens is 1. The van der Waals surface area contributed by atoms with Crippen LogP contribution in [-0.2, 0) is 0 Å². The van der Waals surface area contributed by atoms with Gasteiger partial charge >= 0.3 is 0 Å². The van der Waals surface area contributed by atoms with Gasteiger partial charge in [-0.15, -0.1) is 0 Å². The number of benzene rings is 1. The van der Waals surface area contributed by atoms with Gasteiger partial charge in [0.25, 0.3) is 0 Å². The van der Waals surface area contributed by atoms with Crippen molar-refractivity contribution in [2.45, 2.75) is 6.42 Å². The molecule has 19 heavy (non-hydrogen) atoms. The van der Waals surface area contributed by atoms with E-state index in [2.05, 4.69) is 10.3 Å². The van der Waals surface area contributed by atoms with Crippen LogP contribution in [0, 0.1) is 0 Å². The molecule has 0 amide bonds. The maximum atomic E-state index is 5.71. The third-order valence-electron chi connectivity index (χ3n) is 3.07. The average Bonchev–Trinajstić information content (AvgIpc) is 2.67. The van der Waals surface area contributed by atoms with Crippen molar-refractivity contribution in [3.8, 4) is 11.5 Å². The van der Waals surface area contributed by atoms with Gasteiger partial charge in [-0.1, -0.05) is 0 Å². The molecule has 0 saturated heterocycles. The molecule has 3 rings (SSSR count). The summed E-state index contributed by atoms with van der Waals surface area (Å²) in [5.41, 5.74) is 5.52. The standard InChI is InChI=1S/C14H17N3O2/c15-3-5-17-14-11-9-13-12(18-6-1-7-19-13)8-10(11)2-4-16-14/h2,4,8-9H,1,3,5-7,15H2,(H,16,17). The molecule has 0 spiro atoms. The normalized spacial score (nSPS) is 14.2. The Morgan fingerprint density at radius 2 is 2.00 bits per heavy atom. The van der Waals surface area contributed by atoms with Gasteiger partial charge in [0.1, 0.15) is 5.82 Å². The molecule has 2 aromatic rings. The summed E-state index contributed by atoms with van der Waals surface area (Å²) in [4.78, 5) is 4.35. The van der Waals surface area contributed by atoms with Crippen LogP contribution in [0.2, 0.25) is 0 Å². The number of nitrogens with zero attached hydrogens (tertiary/aromatic N) is 1. The summed E-state index contributed by atoms with van der Waals surface area (Å²) >= 11 is 0. The average molecular weight is 259 g/mol. The molecular formula is C14H17N3O2. The fraction of sp³-hybridized carbons (Fsp3) is 0.357. The molecule has 3 N–H and O–H groups in total. The molecule has 0 atom stereocenters. The highest BCUT2D eigenvalue weighted by molar-refractivity contribution is 5.94. The fourth-order valence-corrected chi connectivity index (χ4v) is 2.16. The van der Waals surface area contributed by atoms with Gasteiger partial charge in [0, 0.05) is 31.1 Å². The minimum atomic E-state index is 0.572. The summed E-state index contributed by atoms with van der Waals surface area (Å²) in [5, 5.41) is 5.34. The predicted molar refractivity (Wildman–Crippen MR) is 74.9 cm³/mol. The van der Waals surface area contributed by atoms with Crippen LogP contribution < -0.4 is 20.5 Å². The number of fused-ring (bicyclic) bond motifs is 2. The lowest BCUT2D eigenvalue weighted by Gasteiger charge is -2.12. The molecule has 1 aliphatic rings. The number of nitrogens with one attached hydrogen (secondary N) is 1. The molecule has 1 aromatic heterocycles. The second kappa shape index (κ2) is 5.32. The molecule has 0 fully saturated rings. The van der Waals surface area contributed by atoms with Crippen LogP contribution in [0.5, 0.6) is 11.5 Å². The van der Waals surface area contributed by atoms with Crippen molar-refractivity contribution in [2.75, 3.05) is 31.6 Å². The summed E-state index contributed by atoms with van der Waals surface area (Å²) < 4.78 is 11.4. The van der Waals surface area contributed by atoms with Gasteiger partial charge in [-0.05, 0) is 23.6 Å². The number of anilines is 1. The third kappa shape index (κ3) is 2.42. The van der Waals surface area contributed by atoms with Gasteiger partial charge in [0.15, 0.2) is 11.5 Å². The van der Waals surface area contributed by atoms with Crippen molar-refractivity contribution in [1.29, 1.82) is 0 Å². The highest BCUT2D eigenvalue weighted by Gasteiger charge is 2.13. The van der Waals surface area contributed by atoms with Crippen LogP contribution in [0.15, 0.2) is 24.4 Å². The maximum Gasteiger partial charge on any atom is 0.161 e. The van der Waals surface area contributed by atoms with Crippen LogP contribution in [-0.4, -0.2) is 31.3 Å². The van der Waals surface area contributed by atoms with Crippen molar-refractivity contribution in [1.82, 2.24) is 4.98 Å². The van der Waals surface area contributed by atoms with Gasteiger partial charge < -0.3 is 20.5 Å². The molecule has 2 heterocycles. The van der Waals surface area contributed by atoms with E-state index in [1.807, 2.05) is 18.2 Å². The highest BCUT2D eigenvalue weighted by Crippen LogP contribution is 2.36. The van der Waals surface area contributed by atoms with E-state index in [0.717, 1.165) is 34.5 Å². The van der Waals surface area contributed by atoms with E-state index in [0.29, 0.717) is 26.3 Å². The zero-order valence-electron chi connectivity index (χ0n) is 10.7. The molecule has 0 saturated carbocycles. The first-order valence-electron chi connectivity index (χ1n) is 6.51. The van der Waals surface area contributed by atoms with Crippen LogP contribution in [0.3, 0.4) is 0 Å². The Labute approximate surface area is 111 Å². The van der Waals surface area contributed by atoms with E-state index in [1.165, 1.54) is 0 Å². The largest absolute Gasteiger partial charge is 0.490 e. The second-order valence-electron chi connectivity index (χ2n) is 4.45. The Balaban J connectivity index is 2.07. The van der Waals surface area contributed by atoms with Crippen LogP contribution in [0.25, 0.3) is 10.8 Å². The van der Waals surface area contributed by atoms with Gasteiger partial charge in [-0.2, -0.15) is 0 Å². The number of pyridine rings is 1. The Kier molecular flexibility index (Phi) is 3.37. The lowest BCUT2D eigenvalue weighted by atomic mass is 10.1. The van der Waals surface area contributed by atoms with E-state index < -0.39 is 0 Å². The Morgan fingerprint density at radius 3 is 2.79 bits per heavy atom. The Bertz CT molecular complexity index is 586. The summed E-state index contributed by atoms with van der Waals surface area (Å²) in [6.45, 7) is 2.65. The van der Waals surface area contributed by atoms with Crippen LogP contribution >= 0.6 is 0 Å². The Morgan fingerprint density at radius 1 is 1.21 bits per heavy atom. The van der Waals surface area contributed by atoms with Crippen molar-refractivity contribution in [2.24, 2.45) is 5.73 Å². The predicted octanol–water partition coefficient (Wildman–Crippen LogP) is 1.77. The van der Waals surface area contributed by atoms with E-state index in [4.69, 9.17) is 15.2 Å². The van der Waals surface area contributed by atoms with Gasteiger partial charge in [0.2, 0.25) is 0 Å². The molecular weight excluding hydrogens is 242 g/mol. The molecule has 100 valence electrons. The smallest absolute Gasteiger partial charge is 0.161 e. The van der Waals surface area contributed by atoms with E-state index in [1.54, 1.807) is 6.20 Å². The molecule has 5 heteroatoms. The van der Waals surface area contributed by atoms with Crippen molar-refractivity contribution in [3.05, 3.63) is 24.4 Å². The molecule has 0 bridgehead atoms. The first-order valence-corrected chi connectivity index (χ1v) is 6.51. The molecule has 0 radical (unpaired) electrons. The summed E-state index contributed by atoms with van der Waals surface area (Å²) in [6.07, 6.45) is 2.69. The van der Waals surface area contributed by atoms with Crippen molar-refractivity contribution in [3.63, 3.8) is 0 Å². The first kappa shape index (κ1) is 12.0. The molecule has 1 aromatic carbocycles. The maximum absolute atomic E-state index is 5.71. The third-order valence-corrected chi connectivity index (χ3v) is 3.07. The number of hydrogen-bond acceptors (Lipinski definition) is 5. The minimum absolute atomic E-state index is 0.572. The number of ether oxygens (including phenoxy) is 2. The number of rotatable bonds is 3. The van der Waals surface area contributed by atoms with E-state index in [9.17, 15) is 0 Å². The monoisotopic (exact) mass is 259 g/mol. The van der Waals surface area contributed by atoms with Gasteiger partial charge in [-0.25, -0.2) is 4.98 Å². The first-order chi connectivity index (χ1) is 9.38.